The molecule has 90 valence electrons. The van der Waals surface area contributed by atoms with Crippen LogP contribution in [0.3, 0.4) is 0 Å². The van der Waals surface area contributed by atoms with Gasteiger partial charge in [0.15, 0.2) is 5.82 Å². The molecule has 0 aliphatic carbocycles. The lowest BCUT2D eigenvalue weighted by molar-refractivity contribution is -0.116. The summed E-state index contributed by atoms with van der Waals surface area (Å²) in [7, 11) is 0. The van der Waals surface area contributed by atoms with E-state index in [1.54, 1.807) is 6.07 Å². The van der Waals surface area contributed by atoms with Gasteiger partial charge >= 0.3 is 0 Å². The highest BCUT2D eigenvalue weighted by atomic mass is 35.5. The molecule has 0 heterocycles. The molecule has 0 unspecified atom stereocenters. The van der Waals surface area contributed by atoms with Crippen LogP contribution in [0.2, 0.25) is 5.02 Å². The number of anilines is 1. The summed E-state index contributed by atoms with van der Waals surface area (Å²) < 4.78 is 13.7. The number of amides is 1. The lowest BCUT2D eigenvalue weighted by atomic mass is 10.2. The molecule has 0 saturated carbocycles. The molecular weight excluding hydrogens is 243 g/mol. The maximum absolute atomic E-state index is 13.7. The van der Waals surface area contributed by atoms with Gasteiger partial charge in [-0.2, -0.15) is 5.26 Å². The van der Waals surface area contributed by atoms with Gasteiger partial charge in [0.25, 0.3) is 0 Å². The molecule has 1 rings (SSSR count). The Hall–Kier alpha value is -1.60. The van der Waals surface area contributed by atoms with Crippen LogP contribution in [0, 0.1) is 17.1 Å². The number of hydrogen-bond acceptors (Lipinski definition) is 2. The van der Waals surface area contributed by atoms with Crippen LogP contribution in [-0.4, -0.2) is 12.5 Å². The summed E-state index contributed by atoms with van der Waals surface area (Å²) in [5.74, 6) is -0.884. The molecule has 0 atom stereocenters. The minimum atomic E-state index is -0.610. The van der Waals surface area contributed by atoms with E-state index in [4.69, 9.17) is 16.9 Å². The highest BCUT2D eigenvalue weighted by Crippen LogP contribution is 2.25. The van der Waals surface area contributed by atoms with Gasteiger partial charge in [0.1, 0.15) is 0 Å². The van der Waals surface area contributed by atoms with Gasteiger partial charge in [0.05, 0.1) is 16.8 Å². The number of unbranched alkanes of at least 4 members (excludes halogenated alkanes) is 1. The standard InChI is InChI=1S/C12H12ClFN2O/c1-9(17)16(8-3-2-7-15)11-6-4-5-10(13)12(11)14/h4-6H,2-3,8H2,1H3. The summed E-state index contributed by atoms with van der Waals surface area (Å²) in [5.41, 5.74) is 0.155. The van der Waals surface area contributed by atoms with E-state index in [1.807, 2.05) is 6.07 Å². The Bertz CT molecular complexity index is 456. The average Bonchev–Trinajstić information content (AvgIpc) is 2.29. The maximum Gasteiger partial charge on any atom is 0.223 e. The Labute approximate surface area is 104 Å². The van der Waals surface area contributed by atoms with Crippen LogP contribution in [0.25, 0.3) is 0 Å². The fourth-order valence-electron chi connectivity index (χ4n) is 1.46. The molecule has 1 aromatic carbocycles. The van der Waals surface area contributed by atoms with Gasteiger partial charge in [0, 0.05) is 19.9 Å². The fourth-order valence-corrected chi connectivity index (χ4v) is 1.63. The monoisotopic (exact) mass is 254 g/mol. The van der Waals surface area contributed by atoms with E-state index in [1.165, 1.54) is 24.0 Å². The molecule has 0 aliphatic rings. The van der Waals surface area contributed by atoms with Crippen molar-refractivity contribution < 1.29 is 9.18 Å². The van der Waals surface area contributed by atoms with Gasteiger partial charge in [-0.3, -0.25) is 4.79 Å². The second-order valence-electron chi connectivity index (χ2n) is 3.51. The third-order valence-corrected chi connectivity index (χ3v) is 2.56. The van der Waals surface area contributed by atoms with Crippen molar-refractivity contribution in [2.24, 2.45) is 0 Å². The van der Waals surface area contributed by atoms with Crippen molar-refractivity contribution in [2.45, 2.75) is 19.8 Å². The third-order valence-electron chi connectivity index (χ3n) is 2.27. The van der Waals surface area contributed by atoms with Crippen LogP contribution < -0.4 is 4.90 Å². The summed E-state index contributed by atoms with van der Waals surface area (Å²) in [4.78, 5) is 12.7. The maximum atomic E-state index is 13.7. The number of carbonyl (C=O) groups is 1. The number of carbonyl (C=O) groups excluding carboxylic acids is 1. The van der Waals surface area contributed by atoms with Crippen molar-refractivity contribution in [3.8, 4) is 6.07 Å². The Balaban J connectivity index is 2.94. The molecule has 0 fully saturated rings. The summed E-state index contributed by atoms with van der Waals surface area (Å²) in [6.07, 6.45) is 0.827. The number of nitriles is 1. The van der Waals surface area contributed by atoms with Crippen LogP contribution in [-0.2, 0) is 4.79 Å². The zero-order valence-electron chi connectivity index (χ0n) is 9.41. The van der Waals surface area contributed by atoms with Gasteiger partial charge < -0.3 is 4.90 Å². The number of nitrogens with zero attached hydrogens (tertiary/aromatic N) is 2. The topological polar surface area (TPSA) is 44.1 Å². The average molecular weight is 255 g/mol. The minimum Gasteiger partial charge on any atom is -0.310 e. The van der Waals surface area contributed by atoms with E-state index >= 15 is 0 Å². The second-order valence-corrected chi connectivity index (χ2v) is 3.91. The van der Waals surface area contributed by atoms with Crippen LogP contribution in [0.1, 0.15) is 19.8 Å². The Morgan fingerprint density at radius 1 is 1.59 bits per heavy atom. The van der Waals surface area contributed by atoms with Gasteiger partial charge in [0.2, 0.25) is 5.91 Å². The van der Waals surface area contributed by atoms with E-state index < -0.39 is 5.82 Å². The van der Waals surface area contributed by atoms with Crippen molar-refractivity contribution in [3.05, 3.63) is 29.0 Å². The first-order valence-corrected chi connectivity index (χ1v) is 5.54. The predicted molar refractivity (Wildman–Crippen MR) is 64.3 cm³/mol. The van der Waals surface area contributed by atoms with Crippen LogP contribution in [0.5, 0.6) is 0 Å². The van der Waals surface area contributed by atoms with Gasteiger partial charge in [-0.1, -0.05) is 17.7 Å². The normalized spacial score (nSPS) is 9.76. The minimum absolute atomic E-state index is 0.0194. The molecule has 0 spiro atoms. The number of rotatable bonds is 4. The molecule has 0 N–H and O–H groups in total. The van der Waals surface area contributed by atoms with Crippen LogP contribution in [0.4, 0.5) is 10.1 Å². The first-order chi connectivity index (χ1) is 8.07. The number of halogens is 2. The van der Waals surface area contributed by atoms with Crippen LogP contribution >= 0.6 is 11.6 Å². The van der Waals surface area contributed by atoms with Crippen molar-refractivity contribution in [1.82, 2.24) is 0 Å². The molecule has 0 saturated heterocycles. The van der Waals surface area contributed by atoms with Gasteiger partial charge in [-0.05, 0) is 18.6 Å². The van der Waals surface area contributed by atoms with Crippen molar-refractivity contribution >= 4 is 23.2 Å². The third kappa shape index (κ3) is 3.43. The SMILES string of the molecule is CC(=O)N(CCCC#N)c1cccc(Cl)c1F. The summed E-state index contributed by atoms with van der Waals surface area (Å²) in [6, 6.07) is 6.49. The molecule has 0 aliphatic heterocycles. The second kappa shape index (κ2) is 6.21. The Kier molecular flexibility index (Phi) is 4.92. The smallest absolute Gasteiger partial charge is 0.223 e. The predicted octanol–water partition coefficient (Wildman–Crippen LogP) is 3.14. The fraction of sp³-hybridized carbons (Fsp3) is 0.333. The van der Waals surface area contributed by atoms with Crippen molar-refractivity contribution in [3.63, 3.8) is 0 Å². The van der Waals surface area contributed by atoms with E-state index in [-0.39, 0.29) is 16.6 Å². The van der Waals surface area contributed by atoms with Crippen molar-refractivity contribution in [1.29, 1.82) is 5.26 Å². The molecule has 17 heavy (non-hydrogen) atoms. The molecule has 0 radical (unpaired) electrons. The molecule has 1 amide bonds. The Morgan fingerprint density at radius 3 is 2.88 bits per heavy atom. The van der Waals surface area contributed by atoms with E-state index in [0.717, 1.165) is 0 Å². The molecule has 0 bridgehead atoms. The van der Waals surface area contributed by atoms with Gasteiger partial charge in [-0.25, -0.2) is 4.39 Å². The lowest BCUT2D eigenvalue weighted by Crippen LogP contribution is -2.30. The number of benzene rings is 1. The first kappa shape index (κ1) is 13.5. The summed E-state index contributed by atoms with van der Waals surface area (Å²) in [6.45, 7) is 1.66. The summed E-state index contributed by atoms with van der Waals surface area (Å²) in [5, 5.41) is 8.42. The van der Waals surface area contributed by atoms with Gasteiger partial charge in [-0.15, -0.1) is 0 Å². The Morgan fingerprint density at radius 2 is 2.29 bits per heavy atom. The molecular formula is C12H12ClFN2O. The molecule has 0 aromatic heterocycles. The lowest BCUT2D eigenvalue weighted by Gasteiger charge is -2.21. The quantitative estimate of drug-likeness (QED) is 0.775. The van der Waals surface area contributed by atoms with Crippen LogP contribution in [0.15, 0.2) is 18.2 Å². The molecule has 3 nitrogen and oxygen atoms in total. The van der Waals surface area contributed by atoms with E-state index in [0.29, 0.717) is 19.4 Å². The van der Waals surface area contributed by atoms with E-state index in [9.17, 15) is 9.18 Å². The van der Waals surface area contributed by atoms with E-state index in [2.05, 4.69) is 0 Å². The van der Waals surface area contributed by atoms with Crippen molar-refractivity contribution in [2.75, 3.05) is 11.4 Å². The zero-order valence-corrected chi connectivity index (χ0v) is 10.2. The summed E-state index contributed by atoms with van der Waals surface area (Å²) >= 11 is 5.66. The highest BCUT2D eigenvalue weighted by Gasteiger charge is 2.16. The zero-order chi connectivity index (χ0) is 12.8. The highest BCUT2D eigenvalue weighted by molar-refractivity contribution is 6.31. The first-order valence-electron chi connectivity index (χ1n) is 5.17. The molecule has 5 heteroatoms. The largest absolute Gasteiger partial charge is 0.310 e. The molecule has 1 aromatic rings. The number of hydrogen-bond donors (Lipinski definition) is 0.